The summed E-state index contributed by atoms with van der Waals surface area (Å²) < 4.78 is 59.3. The molecule has 9 heavy (non-hydrogen) atoms. The minimum atomic E-state index is -10.8. The molecule has 0 fully saturated rings. The summed E-state index contributed by atoms with van der Waals surface area (Å²) in [6.45, 7) is 0. The topological polar surface area (TPSA) is 0 Å². The van der Waals surface area contributed by atoms with Gasteiger partial charge >= 0.3 is 150 Å². The fraction of sp³-hybridized carbons (Fsp3) is 0. The van der Waals surface area contributed by atoms with Gasteiger partial charge in [0.25, 0.3) is 0 Å². The van der Waals surface area contributed by atoms with Gasteiger partial charge in [0.15, 0.2) is 0 Å². The third kappa shape index (κ3) is 87.0. The van der Waals surface area contributed by atoms with E-state index in [1.807, 2.05) is 0 Å². The van der Waals surface area contributed by atoms with E-state index in [9.17, 15) is 24.6 Å². The van der Waals surface area contributed by atoms with E-state index >= 15 is 0 Å². The zero-order valence-electron chi connectivity index (χ0n) is 4.77. The van der Waals surface area contributed by atoms with Crippen molar-refractivity contribution >= 4 is 8.63 Å². The first kappa shape index (κ1) is 18.2. The zero-order valence-corrected chi connectivity index (χ0v) is 15.6. The average molecular weight is 313 g/mol. The van der Waals surface area contributed by atoms with E-state index in [0.29, 0.717) is 0 Å². The molecule has 0 atom stereocenters. The van der Waals surface area contributed by atoms with Crippen LogP contribution >= 0.6 is 0 Å². The summed E-state index contributed by atoms with van der Waals surface area (Å²) in [5.74, 6) is 0. The van der Waals surface area contributed by atoms with Crippen LogP contribution in [0.5, 0.6) is 0 Å². The predicted octanol–water partition coefficient (Wildman–Crippen LogP) is -3.85. The summed E-state index contributed by atoms with van der Waals surface area (Å²) in [5, 5.41) is 0. The Labute approximate surface area is 145 Å². The molecule has 9 heteroatoms. The first-order valence-corrected chi connectivity index (χ1v) is 3.40. The van der Waals surface area contributed by atoms with Gasteiger partial charge in [0, 0.05) is 0 Å². The van der Waals surface area contributed by atoms with E-state index < -0.39 is 8.63 Å². The molecule has 0 radical (unpaired) electrons. The summed E-state index contributed by atoms with van der Waals surface area (Å²) in [6, 6.07) is 0. The van der Waals surface area contributed by atoms with Gasteiger partial charge in [-0.25, -0.2) is 0 Å². The van der Waals surface area contributed by atoms with Gasteiger partial charge in [0.1, 0.15) is 0 Å². The minimum Gasteiger partial charge on any atom is 1.00 e. The smallest absolute Gasteiger partial charge is 1.00 e. The number of halogens is 6. The van der Waals surface area contributed by atoms with Crippen LogP contribution in [0.25, 0.3) is 0 Å². The Morgan fingerprint density at radius 3 is 0.556 bits per heavy atom. The fourth-order valence-electron chi connectivity index (χ4n) is 0. The molecule has 0 nitrogen and oxygen atoms in total. The number of hydrogen-bond acceptors (Lipinski definition) is 0. The van der Waals surface area contributed by atoms with Crippen LogP contribution in [0, 0.1) is 0 Å². The number of hydrogen-bond donors (Lipinski definition) is 0. The molecule has 0 bridgehead atoms. The Morgan fingerprint density at radius 2 is 0.556 bits per heavy atom. The summed E-state index contributed by atoms with van der Waals surface area (Å²) >= 11 is 0. The molecule has 48 valence electrons. The Kier molecular flexibility index (Phi) is 7.39. The van der Waals surface area contributed by atoms with Crippen LogP contribution in [0.3, 0.4) is 0 Å². The van der Waals surface area contributed by atoms with E-state index in [-0.39, 0.29) is 116 Å². The molecule has 0 rings (SSSR count). The van der Waals surface area contributed by atoms with E-state index in [1.165, 1.54) is 0 Å². The van der Waals surface area contributed by atoms with E-state index in [4.69, 9.17) is 0 Å². The van der Waals surface area contributed by atoms with Crippen LogP contribution in [0.15, 0.2) is 0 Å². The maximum Gasteiger partial charge on any atom is 1.00 e. The summed E-state index contributed by atoms with van der Waals surface area (Å²) in [4.78, 5) is 0. The van der Waals surface area contributed by atoms with Crippen molar-refractivity contribution in [3.05, 3.63) is 0 Å². The average Bonchev–Trinajstić information content (AvgIpc) is 0.592. The molecule has 0 unspecified atom stereocenters. The molecule has 0 aromatic heterocycles. The Hall–Kier alpha value is 3.41. The van der Waals surface area contributed by atoms with Gasteiger partial charge in [-0.05, 0) is 0 Å². The molecule has 0 saturated heterocycles. The fourth-order valence-corrected chi connectivity index (χ4v) is 0. The van der Waals surface area contributed by atoms with Crippen LogP contribution in [-0.4, -0.2) is 8.63 Å². The van der Waals surface area contributed by atoms with Gasteiger partial charge in [-0.1, -0.05) is 0 Å². The van der Waals surface area contributed by atoms with Crippen molar-refractivity contribution in [2.45, 2.75) is 0 Å². The van der Waals surface area contributed by atoms with Crippen molar-refractivity contribution < 1.29 is 141 Å². The standard InChI is InChI=1S/F6Si.2Rb/c1-7(2,3,4,5)6;;/q-2;2*+1. The second-order valence-electron chi connectivity index (χ2n) is 1.07. The Balaban J connectivity index is -0.000000180. The van der Waals surface area contributed by atoms with Gasteiger partial charge in [0.05, 0.1) is 0 Å². The van der Waals surface area contributed by atoms with Gasteiger partial charge in [-0.3, -0.25) is 0 Å². The van der Waals surface area contributed by atoms with Crippen LogP contribution in [-0.2, 0) is 0 Å². The van der Waals surface area contributed by atoms with Gasteiger partial charge < -0.3 is 0 Å². The van der Waals surface area contributed by atoms with Crippen LogP contribution in [0.4, 0.5) is 24.6 Å². The second-order valence-corrected chi connectivity index (χ2v) is 3.21. The van der Waals surface area contributed by atoms with Gasteiger partial charge in [-0.15, -0.1) is 0 Å². The summed E-state index contributed by atoms with van der Waals surface area (Å²) in [6.07, 6.45) is 0. The number of rotatable bonds is 0. The molecule has 0 amide bonds. The molecule has 0 aliphatic rings. The molecule has 0 heterocycles. The van der Waals surface area contributed by atoms with Crippen molar-refractivity contribution in [3.8, 4) is 0 Å². The SMILES string of the molecule is F[Si-2](F)(F)(F)(F)F.[Rb+].[Rb+]. The zero-order chi connectivity index (χ0) is 6.41. The van der Waals surface area contributed by atoms with E-state index in [2.05, 4.69) is 0 Å². The molecular formula is F6Rb2Si. The Morgan fingerprint density at radius 1 is 0.556 bits per heavy atom. The Bertz CT molecular complexity index is 69.6. The molecular weight excluding hydrogens is 313 g/mol. The third-order valence-electron chi connectivity index (χ3n) is 0. The first-order valence-electron chi connectivity index (χ1n) is 1.13. The maximum absolute atomic E-state index is 10.8. The van der Waals surface area contributed by atoms with Gasteiger partial charge in [-0.2, -0.15) is 0 Å². The van der Waals surface area contributed by atoms with Gasteiger partial charge in [0.2, 0.25) is 0 Å². The third-order valence-corrected chi connectivity index (χ3v) is 0. The largest absolute Gasteiger partial charge is 1.00 e. The van der Waals surface area contributed by atoms with E-state index in [1.54, 1.807) is 0 Å². The monoisotopic (exact) mass is 312 g/mol. The summed E-state index contributed by atoms with van der Waals surface area (Å²) in [7, 11) is -10.8. The van der Waals surface area contributed by atoms with Crippen molar-refractivity contribution in [3.63, 3.8) is 0 Å². The second kappa shape index (κ2) is 3.65. The molecule has 0 aromatic carbocycles. The molecule has 0 aromatic rings. The first-order chi connectivity index (χ1) is 2.45. The summed E-state index contributed by atoms with van der Waals surface area (Å²) in [5.41, 5.74) is 0. The van der Waals surface area contributed by atoms with Crippen molar-refractivity contribution in [2.24, 2.45) is 0 Å². The minimum absolute atomic E-state index is 0. The molecule has 0 N–H and O–H groups in total. The van der Waals surface area contributed by atoms with Crippen LogP contribution in [0.1, 0.15) is 0 Å². The molecule has 0 aliphatic heterocycles. The molecule has 0 saturated carbocycles. The van der Waals surface area contributed by atoms with Crippen molar-refractivity contribution in [1.29, 1.82) is 0 Å². The predicted molar refractivity (Wildman–Crippen MR) is 12.4 cm³/mol. The maximum atomic E-state index is 9.88. The van der Waals surface area contributed by atoms with E-state index in [0.717, 1.165) is 0 Å². The molecule has 0 spiro atoms. The van der Waals surface area contributed by atoms with Crippen LogP contribution in [0.2, 0.25) is 0 Å². The quantitative estimate of drug-likeness (QED) is 0.244. The van der Waals surface area contributed by atoms with Crippen molar-refractivity contribution in [2.75, 3.05) is 0 Å². The van der Waals surface area contributed by atoms with Crippen molar-refractivity contribution in [1.82, 2.24) is 0 Å². The van der Waals surface area contributed by atoms with Crippen LogP contribution < -0.4 is 116 Å². The normalized spacial score (nSPS) is 18.0. The molecule has 0 aliphatic carbocycles.